The molecule has 1 N–H and O–H groups in total. The molecule has 0 aromatic heterocycles. The van der Waals surface area contributed by atoms with Gasteiger partial charge in [0.05, 0.1) is 30.7 Å². The second kappa shape index (κ2) is 11.6. The number of nitrogens with one attached hydrogen (secondary N) is 1. The van der Waals surface area contributed by atoms with Gasteiger partial charge in [-0.3, -0.25) is 9.59 Å². The summed E-state index contributed by atoms with van der Waals surface area (Å²) in [5.74, 6) is 1.41. The van der Waals surface area contributed by atoms with Crippen LogP contribution in [0.15, 0.2) is 47.6 Å². The third-order valence-corrected chi connectivity index (χ3v) is 7.56. The number of methoxy groups -OCH3 is 1. The summed E-state index contributed by atoms with van der Waals surface area (Å²) in [5, 5.41) is 9.07. The van der Waals surface area contributed by atoms with Crippen molar-refractivity contribution in [1.82, 2.24) is 5.01 Å². The van der Waals surface area contributed by atoms with Crippen molar-refractivity contribution in [3.63, 3.8) is 0 Å². The van der Waals surface area contributed by atoms with Crippen molar-refractivity contribution in [3.05, 3.63) is 53.6 Å². The van der Waals surface area contributed by atoms with Crippen molar-refractivity contribution in [2.24, 2.45) is 5.10 Å². The molecule has 1 fully saturated rings. The molecule has 2 amide bonds. The van der Waals surface area contributed by atoms with E-state index in [-0.39, 0.29) is 22.5 Å². The minimum atomic E-state index is -0.0695. The summed E-state index contributed by atoms with van der Waals surface area (Å²) in [4.78, 5) is 24.5. The summed E-state index contributed by atoms with van der Waals surface area (Å²) in [6.07, 6.45) is 5.94. The highest BCUT2D eigenvalue weighted by Gasteiger charge is 2.31. The highest BCUT2D eigenvalue weighted by molar-refractivity contribution is 8.14. The predicted molar refractivity (Wildman–Crippen MR) is 140 cm³/mol. The Labute approximate surface area is 211 Å². The van der Waals surface area contributed by atoms with Crippen LogP contribution >= 0.6 is 11.8 Å². The number of carbonyl (C=O) groups is 2. The lowest BCUT2D eigenvalue weighted by Crippen LogP contribution is -2.34. The van der Waals surface area contributed by atoms with E-state index in [1.807, 2.05) is 49.4 Å². The molecule has 35 heavy (non-hydrogen) atoms. The van der Waals surface area contributed by atoms with E-state index in [4.69, 9.17) is 14.6 Å². The lowest BCUT2D eigenvalue weighted by Gasteiger charge is -2.29. The summed E-state index contributed by atoms with van der Waals surface area (Å²) in [6.45, 7) is 4.24. The highest BCUT2D eigenvalue weighted by Crippen LogP contribution is 2.36. The van der Waals surface area contributed by atoms with Crippen molar-refractivity contribution in [3.8, 4) is 11.5 Å². The molecule has 4 rings (SSSR count). The molecule has 2 aromatic rings. The topological polar surface area (TPSA) is 80.2 Å². The van der Waals surface area contributed by atoms with Crippen LogP contribution in [-0.4, -0.2) is 40.3 Å². The number of benzene rings is 2. The van der Waals surface area contributed by atoms with Crippen molar-refractivity contribution in [2.75, 3.05) is 12.4 Å². The fraction of sp³-hybridized carbons (Fsp3) is 0.444. The van der Waals surface area contributed by atoms with E-state index in [1.54, 1.807) is 7.11 Å². The second-order valence-electron chi connectivity index (χ2n) is 8.81. The number of thioether (sulfide) groups is 1. The Hall–Kier alpha value is -3.00. The van der Waals surface area contributed by atoms with Crippen molar-refractivity contribution >= 4 is 34.3 Å². The molecule has 0 spiro atoms. The molecule has 8 heteroatoms. The van der Waals surface area contributed by atoms with Gasteiger partial charge in [-0.2, -0.15) is 5.10 Å². The van der Waals surface area contributed by atoms with E-state index in [2.05, 4.69) is 12.2 Å². The maximum atomic E-state index is 12.9. The van der Waals surface area contributed by atoms with Gasteiger partial charge in [0, 0.05) is 17.7 Å². The normalized spacial score (nSPS) is 18.4. The number of amides is 2. The van der Waals surface area contributed by atoms with Gasteiger partial charge in [-0.15, -0.1) is 0 Å². The zero-order valence-corrected chi connectivity index (χ0v) is 21.4. The maximum absolute atomic E-state index is 12.9. The van der Waals surface area contributed by atoms with Crippen LogP contribution in [0.1, 0.15) is 63.5 Å². The van der Waals surface area contributed by atoms with E-state index in [9.17, 15) is 9.59 Å². The lowest BCUT2D eigenvalue weighted by molar-refractivity contribution is -0.115. The third-order valence-electron chi connectivity index (χ3n) is 6.30. The molecule has 186 valence electrons. The molecule has 0 bridgehead atoms. The van der Waals surface area contributed by atoms with Crippen LogP contribution in [0.4, 0.5) is 10.5 Å². The van der Waals surface area contributed by atoms with Crippen LogP contribution in [0, 0.1) is 0 Å². The Morgan fingerprint density at radius 2 is 1.86 bits per heavy atom. The minimum absolute atomic E-state index is 0.0295. The minimum Gasteiger partial charge on any atom is -0.493 e. The maximum Gasteiger partial charge on any atom is 0.302 e. The molecule has 2 aromatic carbocycles. The first kappa shape index (κ1) is 25.1. The lowest BCUT2D eigenvalue weighted by atomic mass is 10.0. The van der Waals surface area contributed by atoms with Gasteiger partial charge < -0.3 is 14.8 Å². The number of ether oxygens (including phenoxy) is 2. The third kappa shape index (κ3) is 6.17. The van der Waals surface area contributed by atoms with Gasteiger partial charge in [0.1, 0.15) is 0 Å². The van der Waals surface area contributed by atoms with Gasteiger partial charge in [0.15, 0.2) is 11.5 Å². The summed E-state index contributed by atoms with van der Waals surface area (Å²) in [5.41, 5.74) is 3.48. The Balaban J connectivity index is 1.57. The van der Waals surface area contributed by atoms with E-state index < -0.39 is 0 Å². The fourth-order valence-electron chi connectivity index (χ4n) is 4.32. The molecule has 1 heterocycles. The van der Waals surface area contributed by atoms with Gasteiger partial charge in [-0.25, -0.2) is 5.01 Å². The van der Waals surface area contributed by atoms with Crippen molar-refractivity contribution in [1.29, 1.82) is 0 Å². The van der Waals surface area contributed by atoms with Gasteiger partial charge in [-0.1, -0.05) is 37.7 Å². The Morgan fingerprint density at radius 1 is 1.11 bits per heavy atom. The Bertz CT molecular complexity index is 1080. The van der Waals surface area contributed by atoms with Gasteiger partial charge in [-0.05, 0) is 68.0 Å². The van der Waals surface area contributed by atoms with E-state index in [1.165, 1.54) is 29.6 Å². The molecule has 1 aliphatic carbocycles. The molecule has 0 saturated heterocycles. The molecular weight excluding hydrogens is 462 g/mol. The summed E-state index contributed by atoms with van der Waals surface area (Å²) in [6, 6.07) is 13.4. The van der Waals surface area contributed by atoms with Gasteiger partial charge in [0.2, 0.25) is 5.91 Å². The fourth-order valence-corrected chi connectivity index (χ4v) is 5.26. The monoisotopic (exact) mass is 495 g/mol. The zero-order chi connectivity index (χ0) is 24.8. The van der Waals surface area contributed by atoms with Crippen molar-refractivity contribution < 1.29 is 19.1 Å². The number of rotatable bonds is 9. The van der Waals surface area contributed by atoms with E-state index in [0.717, 1.165) is 47.5 Å². The van der Waals surface area contributed by atoms with Crippen LogP contribution in [0.25, 0.3) is 0 Å². The van der Waals surface area contributed by atoms with Gasteiger partial charge in [0.25, 0.3) is 0 Å². The first-order valence-corrected chi connectivity index (χ1v) is 13.2. The summed E-state index contributed by atoms with van der Waals surface area (Å²) >= 11 is 1.31. The van der Waals surface area contributed by atoms with Crippen LogP contribution in [0.2, 0.25) is 0 Å². The quantitative estimate of drug-likeness (QED) is 0.447. The zero-order valence-electron chi connectivity index (χ0n) is 20.6. The highest BCUT2D eigenvalue weighted by atomic mass is 32.2. The molecule has 1 unspecified atom stereocenters. The average molecular weight is 496 g/mol. The summed E-state index contributed by atoms with van der Waals surface area (Å²) in [7, 11) is 1.65. The first-order chi connectivity index (χ1) is 17.0. The number of anilines is 1. The van der Waals surface area contributed by atoms with Crippen LogP contribution in [-0.2, 0) is 11.3 Å². The van der Waals surface area contributed by atoms with E-state index >= 15 is 0 Å². The smallest absolute Gasteiger partial charge is 0.302 e. The SMILES string of the molecule is CCC(=O)Nc1ccc(CN2N=C(c3ccc(OC)c(OC4CCCC4)c3)C(CC)SC2=O)cc1. The molecule has 1 aliphatic heterocycles. The summed E-state index contributed by atoms with van der Waals surface area (Å²) < 4.78 is 11.8. The molecule has 1 saturated carbocycles. The number of hydrazone groups is 1. The number of carbonyl (C=O) groups excluding carboxylic acids is 2. The van der Waals surface area contributed by atoms with Crippen LogP contribution < -0.4 is 14.8 Å². The Morgan fingerprint density at radius 3 is 2.51 bits per heavy atom. The standard InChI is InChI=1S/C27H33N3O4S/c1-4-24-26(19-12-15-22(33-3)23(16-19)34-21-8-6-7-9-21)29-30(27(32)35-24)17-18-10-13-20(14-11-18)28-25(31)5-2/h10-16,21,24H,4-9,17H2,1-3H3,(H,28,31). The molecular formula is C27H33N3O4S. The number of hydrogen-bond acceptors (Lipinski definition) is 6. The predicted octanol–water partition coefficient (Wildman–Crippen LogP) is 6.22. The van der Waals surface area contributed by atoms with Gasteiger partial charge >= 0.3 is 5.24 Å². The number of hydrogen-bond donors (Lipinski definition) is 1. The molecule has 1 atom stereocenters. The first-order valence-electron chi connectivity index (χ1n) is 12.3. The molecule has 7 nitrogen and oxygen atoms in total. The second-order valence-corrected chi connectivity index (χ2v) is 9.97. The molecule has 0 radical (unpaired) electrons. The number of nitrogens with zero attached hydrogens (tertiary/aromatic N) is 2. The average Bonchev–Trinajstić information content (AvgIpc) is 3.39. The molecule has 2 aliphatic rings. The Kier molecular flexibility index (Phi) is 8.33. The van der Waals surface area contributed by atoms with Crippen LogP contribution in [0.5, 0.6) is 11.5 Å². The van der Waals surface area contributed by atoms with Crippen LogP contribution in [0.3, 0.4) is 0 Å². The van der Waals surface area contributed by atoms with Crippen molar-refractivity contribution in [2.45, 2.75) is 70.3 Å². The largest absolute Gasteiger partial charge is 0.493 e. The van der Waals surface area contributed by atoms with E-state index in [0.29, 0.717) is 18.7 Å².